The molecule has 3 aliphatic rings. The molecule has 3 fully saturated rings. The highest BCUT2D eigenvalue weighted by Gasteiger charge is 2.51. The number of rotatable bonds is 1. The highest BCUT2D eigenvalue weighted by molar-refractivity contribution is 5.70. The van der Waals surface area contributed by atoms with E-state index in [0.717, 1.165) is 6.42 Å². The zero-order valence-corrected chi connectivity index (χ0v) is 9.97. The van der Waals surface area contributed by atoms with Crippen LogP contribution in [0.2, 0.25) is 0 Å². The first-order valence-corrected chi connectivity index (χ1v) is 5.66. The lowest BCUT2D eigenvalue weighted by Gasteiger charge is -2.55. The van der Waals surface area contributed by atoms with Crippen molar-refractivity contribution < 1.29 is 19.4 Å². The van der Waals surface area contributed by atoms with E-state index < -0.39 is 5.60 Å². The van der Waals surface area contributed by atoms with Crippen LogP contribution in [0.5, 0.6) is 0 Å². The molecule has 0 aromatic heterocycles. The molecule has 0 aromatic rings. The Labute approximate surface area is 95.3 Å². The molecule has 0 aromatic carbocycles. The van der Waals surface area contributed by atoms with E-state index in [2.05, 4.69) is 0 Å². The van der Waals surface area contributed by atoms with Gasteiger partial charge in [0.25, 0.3) is 0 Å². The number of fused-ring (bicyclic) bond motifs is 2. The Bertz CT molecular complexity index is 284. The summed E-state index contributed by atoms with van der Waals surface area (Å²) >= 11 is 0. The molecule has 3 aliphatic heterocycles. The van der Waals surface area contributed by atoms with Crippen LogP contribution in [0.1, 0.15) is 27.2 Å². The van der Waals surface area contributed by atoms with Crippen molar-refractivity contribution in [3.63, 3.8) is 0 Å². The summed E-state index contributed by atoms with van der Waals surface area (Å²) in [4.78, 5) is 13.6. The lowest BCUT2D eigenvalue weighted by molar-refractivity contribution is -0.175. The molecule has 16 heavy (non-hydrogen) atoms. The van der Waals surface area contributed by atoms with Gasteiger partial charge < -0.3 is 14.6 Å². The average Bonchev–Trinajstić information content (AvgIpc) is 2.14. The Balaban J connectivity index is 1.98. The molecule has 0 spiro atoms. The first-order valence-electron chi connectivity index (χ1n) is 5.66. The van der Waals surface area contributed by atoms with Crippen LogP contribution >= 0.6 is 0 Å². The molecule has 0 aliphatic carbocycles. The summed E-state index contributed by atoms with van der Waals surface area (Å²) in [6.07, 6.45) is 0.359. The number of carbonyl (C=O) groups is 1. The van der Waals surface area contributed by atoms with Crippen LogP contribution in [-0.4, -0.2) is 53.1 Å². The summed E-state index contributed by atoms with van der Waals surface area (Å²) in [6, 6.07) is 0.112. The van der Waals surface area contributed by atoms with E-state index in [0.29, 0.717) is 6.61 Å². The normalized spacial score (nSPS) is 33.2. The average molecular weight is 229 g/mol. The third-order valence-corrected chi connectivity index (χ3v) is 2.98. The van der Waals surface area contributed by atoms with Gasteiger partial charge in [-0.05, 0) is 27.2 Å². The minimum atomic E-state index is -0.476. The molecule has 3 atom stereocenters. The van der Waals surface area contributed by atoms with Gasteiger partial charge in [-0.25, -0.2) is 4.79 Å². The molecule has 1 amide bonds. The molecular formula is C11H19NO4. The van der Waals surface area contributed by atoms with Crippen molar-refractivity contribution >= 4 is 6.09 Å². The standard InChI is InChI=1S/C11H19NO4/c1-11(2,3)16-10(14)12-7-4-8(12)9(5-13)15-6-7/h7-9,13H,4-6H2,1-3H3/t7-,8+,9+/m0/s1. The number of aliphatic hydroxyl groups excluding tert-OH is 1. The second kappa shape index (κ2) is 3.89. The Morgan fingerprint density at radius 2 is 2.25 bits per heavy atom. The number of amides is 1. The zero-order chi connectivity index (χ0) is 11.9. The highest BCUT2D eigenvalue weighted by Crippen LogP contribution is 2.35. The Morgan fingerprint density at radius 1 is 1.56 bits per heavy atom. The predicted molar refractivity (Wildman–Crippen MR) is 57.1 cm³/mol. The molecule has 5 nitrogen and oxygen atoms in total. The van der Waals surface area contributed by atoms with Gasteiger partial charge >= 0.3 is 6.09 Å². The van der Waals surface area contributed by atoms with Crippen LogP contribution in [0, 0.1) is 0 Å². The minimum Gasteiger partial charge on any atom is -0.444 e. The predicted octanol–water partition coefficient (Wildman–Crippen LogP) is 0.756. The van der Waals surface area contributed by atoms with Crippen LogP contribution in [0.4, 0.5) is 4.79 Å². The second-order valence-corrected chi connectivity index (χ2v) is 5.40. The maximum atomic E-state index is 11.9. The van der Waals surface area contributed by atoms with Crippen molar-refractivity contribution in [2.45, 2.75) is 51.0 Å². The number of hydrogen-bond acceptors (Lipinski definition) is 4. The number of hydrogen-bond donors (Lipinski definition) is 1. The number of morpholine rings is 1. The monoisotopic (exact) mass is 229 g/mol. The molecule has 5 heteroatoms. The Kier molecular flexibility index (Phi) is 2.84. The van der Waals surface area contributed by atoms with E-state index in [-0.39, 0.29) is 30.9 Å². The smallest absolute Gasteiger partial charge is 0.410 e. The largest absolute Gasteiger partial charge is 0.444 e. The Hall–Kier alpha value is -0.810. The first-order chi connectivity index (χ1) is 7.42. The lowest BCUT2D eigenvalue weighted by Crippen LogP contribution is -2.70. The van der Waals surface area contributed by atoms with Gasteiger partial charge in [0.1, 0.15) is 11.7 Å². The van der Waals surface area contributed by atoms with Crippen molar-refractivity contribution in [2.24, 2.45) is 0 Å². The van der Waals surface area contributed by atoms with E-state index in [4.69, 9.17) is 14.6 Å². The summed E-state index contributed by atoms with van der Waals surface area (Å²) in [5.41, 5.74) is -0.476. The number of aliphatic hydroxyl groups is 1. The fourth-order valence-electron chi connectivity index (χ4n) is 2.24. The lowest BCUT2D eigenvalue weighted by atomic mass is 9.87. The summed E-state index contributed by atoms with van der Waals surface area (Å²) in [5, 5.41) is 9.11. The molecule has 3 heterocycles. The molecule has 0 unspecified atom stereocenters. The quantitative estimate of drug-likeness (QED) is 0.721. The summed E-state index contributed by atoms with van der Waals surface area (Å²) in [7, 11) is 0. The zero-order valence-electron chi connectivity index (χ0n) is 9.97. The van der Waals surface area contributed by atoms with Gasteiger partial charge in [0.2, 0.25) is 0 Å². The SMILES string of the molecule is CC(C)(C)OC(=O)N1[C@@H]2CO[C@H](CO)[C@H]1C2. The van der Waals surface area contributed by atoms with Crippen molar-refractivity contribution in [2.75, 3.05) is 13.2 Å². The van der Waals surface area contributed by atoms with E-state index in [9.17, 15) is 4.79 Å². The maximum Gasteiger partial charge on any atom is 0.410 e. The topological polar surface area (TPSA) is 59.0 Å². The van der Waals surface area contributed by atoms with Gasteiger partial charge in [0.05, 0.1) is 25.3 Å². The van der Waals surface area contributed by atoms with Gasteiger partial charge in [0.15, 0.2) is 0 Å². The van der Waals surface area contributed by atoms with E-state index in [1.54, 1.807) is 4.90 Å². The number of ether oxygens (including phenoxy) is 2. The molecule has 3 saturated heterocycles. The molecule has 3 rings (SSSR count). The van der Waals surface area contributed by atoms with Crippen LogP contribution in [-0.2, 0) is 9.47 Å². The van der Waals surface area contributed by atoms with Crippen molar-refractivity contribution in [1.82, 2.24) is 4.90 Å². The number of nitrogens with zero attached hydrogens (tertiary/aromatic N) is 1. The summed E-state index contributed by atoms with van der Waals surface area (Å²) < 4.78 is 10.7. The van der Waals surface area contributed by atoms with Crippen LogP contribution < -0.4 is 0 Å². The van der Waals surface area contributed by atoms with Gasteiger partial charge in [-0.1, -0.05) is 0 Å². The third kappa shape index (κ3) is 2.01. The minimum absolute atomic E-state index is 0.0152. The van der Waals surface area contributed by atoms with Crippen molar-refractivity contribution in [3.8, 4) is 0 Å². The van der Waals surface area contributed by atoms with Gasteiger partial charge in [-0.2, -0.15) is 0 Å². The fraction of sp³-hybridized carbons (Fsp3) is 0.909. The Morgan fingerprint density at radius 3 is 2.75 bits per heavy atom. The van der Waals surface area contributed by atoms with Crippen molar-refractivity contribution in [1.29, 1.82) is 0 Å². The summed E-state index contributed by atoms with van der Waals surface area (Å²) in [6.45, 7) is 6.00. The molecule has 0 radical (unpaired) electrons. The third-order valence-electron chi connectivity index (χ3n) is 2.98. The van der Waals surface area contributed by atoms with E-state index in [1.165, 1.54) is 0 Å². The molecule has 1 N–H and O–H groups in total. The van der Waals surface area contributed by atoms with E-state index >= 15 is 0 Å². The van der Waals surface area contributed by atoms with Crippen molar-refractivity contribution in [3.05, 3.63) is 0 Å². The fourth-order valence-corrected chi connectivity index (χ4v) is 2.24. The summed E-state index contributed by atoms with van der Waals surface area (Å²) in [5.74, 6) is 0. The first kappa shape index (κ1) is 11.7. The molecule has 92 valence electrons. The van der Waals surface area contributed by atoms with Gasteiger partial charge in [0, 0.05) is 0 Å². The van der Waals surface area contributed by atoms with E-state index in [1.807, 2.05) is 20.8 Å². The molecule has 0 saturated carbocycles. The molecule has 2 bridgehead atoms. The molecular weight excluding hydrogens is 210 g/mol. The van der Waals surface area contributed by atoms with Gasteiger partial charge in [-0.3, -0.25) is 4.90 Å². The maximum absolute atomic E-state index is 11.9. The highest BCUT2D eigenvalue weighted by atomic mass is 16.6. The van der Waals surface area contributed by atoms with Crippen LogP contribution in [0.15, 0.2) is 0 Å². The van der Waals surface area contributed by atoms with Crippen LogP contribution in [0.25, 0.3) is 0 Å². The van der Waals surface area contributed by atoms with Gasteiger partial charge in [-0.15, -0.1) is 0 Å². The number of carbonyl (C=O) groups excluding carboxylic acids is 1. The second-order valence-electron chi connectivity index (χ2n) is 5.40. The van der Waals surface area contributed by atoms with Crippen LogP contribution in [0.3, 0.4) is 0 Å².